The summed E-state index contributed by atoms with van der Waals surface area (Å²) in [5.41, 5.74) is 7.58. The van der Waals surface area contributed by atoms with Crippen molar-refractivity contribution < 1.29 is 9.13 Å². The zero-order valence-corrected chi connectivity index (χ0v) is 11.2. The third-order valence-corrected chi connectivity index (χ3v) is 3.05. The van der Waals surface area contributed by atoms with Crippen LogP contribution in [-0.2, 0) is 6.42 Å². The SMILES string of the molecule is CCc1ccccc1Oc1c(F)cccc1[C@H](C)N. The molecule has 0 saturated heterocycles. The van der Waals surface area contributed by atoms with Gasteiger partial charge in [0.1, 0.15) is 5.75 Å². The van der Waals surface area contributed by atoms with Crippen LogP contribution in [0.5, 0.6) is 11.5 Å². The monoisotopic (exact) mass is 259 g/mol. The Hall–Kier alpha value is -1.87. The standard InChI is InChI=1S/C16H18FNO/c1-3-12-7-4-5-10-15(12)19-16-13(11(2)18)8-6-9-14(16)17/h4-11H,3,18H2,1-2H3/t11-/m0/s1. The molecule has 2 aromatic rings. The molecule has 0 bridgehead atoms. The molecule has 2 nitrogen and oxygen atoms in total. The van der Waals surface area contributed by atoms with E-state index in [1.54, 1.807) is 12.1 Å². The molecule has 2 N–H and O–H groups in total. The highest BCUT2D eigenvalue weighted by atomic mass is 19.1. The van der Waals surface area contributed by atoms with Gasteiger partial charge in [-0.15, -0.1) is 0 Å². The zero-order chi connectivity index (χ0) is 13.8. The van der Waals surface area contributed by atoms with Gasteiger partial charge in [0.15, 0.2) is 11.6 Å². The highest BCUT2D eigenvalue weighted by Crippen LogP contribution is 2.33. The minimum Gasteiger partial charge on any atom is -0.454 e. The van der Waals surface area contributed by atoms with Crippen LogP contribution in [0.2, 0.25) is 0 Å². The van der Waals surface area contributed by atoms with Crippen LogP contribution in [0, 0.1) is 5.82 Å². The van der Waals surface area contributed by atoms with Crippen molar-refractivity contribution in [1.82, 2.24) is 0 Å². The fourth-order valence-corrected chi connectivity index (χ4v) is 2.00. The number of ether oxygens (including phenoxy) is 1. The minimum atomic E-state index is -0.388. The van der Waals surface area contributed by atoms with Crippen molar-refractivity contribution in [2.45, 2.75) is 26.3 Å². The van der Waals surface area contributed by atoms with Crippen LogP contribution >= 0.6 is 0 Å². The second kappa shape index (κ2) is 5.85. The maximum atomic E-state index is 14.0. The number of para-hydroxylation sites is 2. The molecular weight excluding hydrogens is 241 g/mol. The Labute approximate surface area is 113 Å². The van der Waals surface area contributed by atoms with E-state index < -0.39 is 0 Å². The molecule has 19 heavy (non-hydrogen) atoms. The zero-order valence-electron chi connectivity index (χ0n) is 11.2. The van der Waals surface area contributed by atoms with Crippen LogP contribution in [0.3, 0.4) is 0 Å². The summed E-state index contributed by atoms with van der Waals surface area (Å²) in [6.07, 6.45) is 0.831. The van der Waals surface area contributed by atoms with E-state index in [9.17, 15) is 4.39 Å². The Kier molecular flexibility index (Phi) is 4.17. The van der Waals surface area contributed by atoms with Gasteiger partial charge >= 0.3 is 0 Å². The molecule has 0 aromatic heterocycles. The molecule has 2 rings (SSSR count). The third-order valence-electron chi connectivity index (χ3n) is 3.05. The van der Waals surface area contributed by atoms with E-state index in [0.29, 0.717) is 11.3 Å². The van der Waals surface area contributed by atoms with Crippen molar-refractivity contribution in [3.63, 3.8) is 0 Å². The van der Waals surface area contributed by atoms with Crippen LogP contribution in [0.4, 0.5) is 4.39 Å². The van der Waals surface area contributed by atoms with Gasteiger partial charge in [-0.25, -0.2) is 4.39 Å². The highest BCUT2D eigenvalue weighted by molar-refractivity contribution is 5.43. The van der Waals surface area contributed by atoms with Crippen LogP contribution in [0.1, 0.15) is 31.0 Å². The summed E-state index contributed by atoms with van der Waals surface area (Å²) in [5.74, 6) is 0.510. The molecule has 0 heterocycles. The summed E-state index contributed by atoms with van der Waals surface area (Å²) < 4.78 is 19.7. The van der Waals surface area contributed by atoms with Crippen LogP contribution in [0.25, 0.3) is 0 Å². The van der Waals surface area contributed by atoms with E-state index in [-0.39, 0.29) is 17.6 Å². The number of nitrogens with two attached hydrogens (primary N) is 1. The maximum absolute atomic E-state index is 14.0. The Morgan fingerprint density at radius 2 is 1.89 bits per heavy atom. The van der Waals surface area contributed by atoms with Crippen LogP contribution in [0.15, 0.2) is 42.5 Å². The van der Waals surface area contributed by atoms with Gasteiger partial charge in [0.2, 0.25) is 0 Å². The number of hydrogen-bond donors (Lipinski definition) is 1. The van der Waals surface area contributed by atoms with Gasteiger partial charge in [0.05, 0.1) is 0 Å². The summed E-state index contributed by atoms with van der Waals surface area (Å²) in [6, 6.07) is 12.2. The van der Waals surface area contributed by atoms with E-state index in [0.717, 1.165) is 12.0 Å². The molecule has 3 heteroatoms. The average molecular weight is 259 g/mol. The Morgan fingerprint density at radius 1 is 1.16 bits per heavy atom. The smallest absolute Gasteiger partial charge is 0.167 e. The summed E-state index contributed by atoms with van der Waals surface area (Å²) >= 11 is 0. The second-order valence-electron chi connectivity index (χ2n) is 4.51. The Morgan fingerprint density at radius 3 is 2.58 bits per heavy atom. The fraction of sp³-hybridized carbons (Fsp3) is 0.250. The first kappa shape index (κ1) is 13.6. The summed E-state index contributed by atoms with van der Waals surface area (Å²) in [5, 5.41) is 0. The number of benzene rings is 2. The van der Waals surface area contributed by atoms with Crippen molar-refractivity contribution in [3.05, 3.63) is 59.4 Å². The van der Waals surface area contributed by atoms with Gasteiger partial charge in [-0.3, -0.25) is 0 Å². The Balaban J connectivity index is 2.43. The molecule has 0 fully saturated rings. The van der Waals surface area contributed by atoms with Crippen molar-refractivity contribution in [2.24, 2.45) is 5.73 Å². The van der Waals surface area contributed by atoms with Crippen molar-refractivity contribution in [1.29, 1.82) is 0 Å². The van der Waals surface area contributed by atoms with Gasteiger partial charge in [-0.05, 0) is 31.0 Å². The number of aryl methyl sites for hydroxylation is 1. The molecule has 0 aliphatic rings. The summed E-state index contributed by atoms with van der Waals surface area (Å²) in [6.45, 7) is 3.85. The van der Waals surface area contributed by atoms with Crippen molar-refractivity contribution in [3.8, 4) is 11.5 Å². The molecule has 2 aromatic carbocycles. The molecular formula is C16H18FNO. The fourth-order valence-electron chi connectivity index (χ4n) is 2.00. The van der Waals surface area contributed by atoms with Crippen molar-refractivity contribution >= 4 is 0 Å². The number of hydrogen-bond acceptors (Lipinski definition) is 2. The lowest BCUT2D eigenvalue weighted by atomic mass is 10.1. The van der Waals surface area contributed by atoms with Gasteiger partial charge in [-0.2, -0.15) is 0 Å². The maximum Gasteiger partial charge on any atom is 0.167 e. The van der Waals surface area contributed by atoms with E-state index in [4.69, 9.17) is 10.5 Å². The van der Waals surface area contributed by atoms with Crippen LogP contribution in [-0.4, -0.2) is 0 Å². The topological polar surface area (TPSA) is 35.2 Å². The van der Waals surface area contributed by atoms with Crippen molar-refractivity contribution in [2.75, 3.05) is 0 Å². The summed E-state index contributed by atoms with van der Waals surface area (Å²) in [4.78, 5) is 0. The largest absolute Gasteiger partial charge is 0.454 e. The molecule has 0 aliphatic heterocycles. The number of halogens is 1. The molecule has 1 atom stereocenters. The molecule has 0 amide bonds. The average Bonchev–Trinajstić information content (AvgIpc) is 2.41. The molecule has 100 valence electrons. The van der Waals surface area contributed by atoms with E-state index in [2.05, 4.69) is 0 Å². The van der Waals surface area contributed by atoms with Gasteiger partial charge in [-0.1, -0.05) is 37.3 Å². The molecule has 0 radical (unpaired) electrons. The van der Waals surface area contributed by atoms with E-state index >= 15 is 0 Å². The lowest BCUT2D eigenvalue weighted by Crippen LogP contribution is -2.08. The highest BCUT2D eigenvalue weighted by Gasteiger charge is 2.14. The van der Waals surface area contributed by atoms with Gasteiger partial charge in [0, 0.05) is 11.6 Å². The molecule has 0 unspecified atom stereocenters. The number of rotatable bonds is 4. The Bertz CT molecular complexity index is 566. The first-order chi connectivity index (χ1) is 9.13. The normalized spacial score (nSPS) is 12.2. The van der Waals surface area contributed by atoms with E-state index in [1.165, 1.54) is 6.07 Å². The lowest BCUT2D eigenvalue weighted by molar-refractivity contribution is 0.429. The predicted octanol–water partition coefficient (Wildman–Crippen LogP) is 4.20. The second-order valence-corrected chi connectivity index (χ2v) is 4.51. The first-order valence-corrected chi connectivity index (χ1v) is 6.43. The van der Waals surface area contributed by atoms with E-state index in [1.807, 2.05) is 38.1 Å². The lowest BCUT2D eigenvalue weighted by Gasteiger charge is -2.16. The molecule has 0 aliphatic carbocycles. The van der Waals surface area contributed by atoms with Gasteiger partial charge in [0.25, 0.3) is 0 Å². The first-order valence-electron chi connectivity index (χ1n) is 6.43. The third kappa shape index (κ3) is 2.93. The summed E-state index contributed by atoms with van der Waals surface area (Å²) in [7, 11) is 0. The molecule has 0 saturated carbocycles. The predicted molar refractivity (Wildman–Crippen MR) is 74.9 cm³/mol. The van der Waals surface area contributed by atoms with Gasteiger partial charge < -0.3 is 10.5 Å². The molecule has 0 spiro atoms. The minimum absolute atomic E-state index is 0.221. The quantitative estimate of drug-likeness (QED) is 0.893. The van der Waals surface area contributed by atoms with Crippen LogP contribution < -0.4 is 10.5 Å².